The van der Waals surface area contributed by atoms with Crippen LogP contribution in [-0.4, -0.2) is 30.8 Å². The van der Waals surface area contributed by atoms with E-state index in [9.17, 15) is 0 Å². The monoisotopic (exact) mass is 250 g/mol. The van der Waals surface area contributed by atoms with Crippen molar-refractivity contribution in [1.29, 1.82) is 0 Å². The first-order valence-electron chi connectivity index (χ1n) is 5.16. The van der Waals surface area contributed by atoms with Crippen molar-refractivity contribution in [2.45, 2.75) is 43.5 Å². The van der Waals surface area contributed by atoms with Gasteiger partial charge in [0.15, 0.2) is 0 Å². The van der Waals surface area contributed by atoms with E-state index >= 15 is 0 Å². The molecule has 0 amide bonds. The van der Waals surface area contributed by atoms with Gasteiger partial charge in [-0.1, -0.05) is 29.3 Å². The molecule has 0 bridgehead atoms. The summed E-state index contributed by atoms with van der Waals surface area (Å²) < 4.78 is 11.0. The van der Waals surface area contributed by atoms with Gasteiger partial charge in [-0.3, -0.25) is 0 Å². The van der Waals surface area contributed by atoms with Crippen LogP contribution in [0, 0.1) is 0 Å². The van der Waals surface area contributed by atoms with Gasteiger partial charge in [0.05, 0.1) is 19.3 Å². The summed E-state index contributed by atoms with van der Waals surface area (Å²) >= 11 is 3.53. The molecule has 0 heterocycles. The second kappa shape index (κ2) is 6.80. The molecule has 2 nitrogen and oxygen atoms in total. The van der Waals surface area contributed by atoms with Gasteiger partial charge in [-0.05, 0) is 19.3 Å². The number of alkyl halides is 1. The maximum atomic E-state index is 5.57. The van der Waals surface area contributed by atoms with Crippen LogP contribution in [0.25, 0.3) is 0 Å². The summed E-state index contributed by atoms with van der Waals surface area (Å²) in [5, 5.41) is 0. The van der Waals surface area contributed by atoms with Crippen molar-refractivity contribution in [3.63, 3.8) is 0 Å². The van der Waals surface area contributed by atoms with Crippen molar-refractivity contribution in [3.05, 3.63) is 0 Å². The molecule has 0 saturated heterocycles. The van der Waals surface area contributed by atoms with E-state index < -0.39 is 0 Å². The molecular formula is C10H19BrO2. The lowest BCUT2D eigenvalue weighted by Gasteiger charge is -2.30. The Morgan fingerprint density at radius 2 is 2.00 bits per heavy atom. The zero-order valence-corrected chi connectivity index (χ0v) is 9.88. The van der Waals surface area contributed by atoms with E-state index in [1.165, 1.54) is 6.42 Å². The van der Waals surface area contributed by atoms with Crippen LogP contribution in [0.1, 0.15) is 32.6 Å². The summed E-state index contributed by atoms with van der Waals surface area (Å²) in [7, 11) is 0. The second-order valence-corrected chi connectivity index (χ2v) is 4.82. The molecule has 0 radical (unpaired) electrons. The first-order valence-corrected chi connectivity index (χ1v) is 6.08. The number of halogens is 1. The molecule has 1 fully saturated rings. The van der Waals surface area contributed by atoms with Crippen molar-refractivity contribution in [2.75, 3.05) is 19.8 Å². The SMILES string of the molecule is CCCCOCCOC1CC(Br)C1. The molecule has 0 aromatic carbocycles. The summed E-state index contributed by atoms with van der Waals surface area (Å²) in [5.41, 5.74) is 0. The Hall–Kier alpha value is 0.400. The molecule has 13 heavy (non-hydrogen) atoms. The summed E-state index contributed by atoms with van der Waals surface area (Å²) in [4.78, 5) is 0.693. The fourth-order valence-corrected chi connectivity index (χ4v) is 2.09. The highest BCUT2D eigenvalue weighted by atomic mass is 79.9. The van der Waals surface area contributed by atoms with Crippen molar-refractivity contribution in [2.24, 2.45) is 0 Å². The molecular weight excluding hydrogens is 232 g/mol. The number of hydrogen-bond donors (Lipinski definition) is 0. The Balaban J connectivity index is 1.74. The zero-order chi connectivity index (χ0) is 9.52. The van der Waals surface area contributed by atoms with Crippen LogP contribution >= 0.6 is 15.9 Å². The highest BCUT2D eigenvalue weighted by molar-refractivity contribution is 9.09. The minimum absolute atomic E-state index is 0.485. The van der Waals surface area contributed by atoms with Crippen LogP contribution in [0.2, 0.25) is 0 Å². The van der Waals surface area contributed by atoms with Crippen molar-refractivity contribution in [3.8, 4) is 0 Å². The largest absolute Gasteiger partial charge is 0.379 e. The number of hydrogen-bond acceptors (Lipinski definition) is 2. The van der Waals surface area contributed by atoms with Gasteiger partial charge < -0.3 is 9.47 Å². The third-order valence-corrected chi connectivity index (χ3v) is 3.01. The van der Waals surface area contributed by atoms with Crippen LogP contribution in [0.4, 0.5) is 0 Å². The smallest absolute Gasteiger partial charge is 0.0704 e. The van der Waals surface area contributed by atoms with E-state index in [1.807, 2.05) is 0 Å². The van der Waals surface area contributed by atoms with Gasteiger partial charge in [0.2, 0.25) is 0 Å². The van der Waals surface area contributed by atoms with E-state index in [-0.39, 0.29) is 0 Å². The van der Waals surface area contributed by atoms with E-state index in [0.717, 1.165) is 39.1 Å². The summed E-state index contributed by atoms with van der Waals surface area (Å²) in [6.07, 6.45) is 5.17. The minimum atomic E-state index is 0.485. The Labute approximate surface area is 89.1 Å². The molecule has 1 aliphatic rings. The van der Waals surface area contributed by atoms with E-state index in [2.05, 4.69) is 22.9 Å². The summed E-state index contributed by atoms with van der Waals surface area (Å²) in [6.45, 7) is 4.56. The molecule has 0 aliphatic heterocycles. The molecule has 3 heteroatoms. The van der Waals surface area contributed by atoms with Gasteiger partial charge in [-0.2, -0.15) is 0 Å². The molecule has 0 aromatic rings. The lowest BCUT2D eigenvalue weighted by atomic mass is 9.96. The third kappa shape index (κ3) is 4.99. The maximum Gasteiger partial charge on any atom is 0.0704 e. The van der Waals surface area contributed by atoms with Crippen LogP contribution in [0.5, 0.6) is 0 Å². The number of ether oxygens (including phenoxy) is 2. The fraction of sp³-hybridized carbons (Fsp3) is 1.00. The van der Waals surface area contributed by atoms with Crippen molar-refractivity contribution in [1.82, 2.24) is 0 Å². The molecule has 0 spiro atoms. The highest BCUT2D eigenvalue weighted by Crippen LogP contribution is 2.29. The molecule has 0 atom stereocenters. The van der Waals surface area contributed by atoms with Gasteiger partial charge in [-0.15, -0.1) is 0 Å². The first kappa shape index (κ1) is 11.5. The lowest BCUT2D eigenvalue weighted by Crippen LogP contribution is -2.32. The Kier molecular flexibility index (Phi) is 6.00. The Bertz CT molecular complexity index is 124. The molecule has 0 aromatic heterocycles. The van der Waals surface area contributed by atoms with Crippen LogP contribution < -0.4 is 0 Å². The first-order chi connectivity index (χ1) is 6.33. The topological polar surface area (TPSA) is 18.5 Å². The predicted octanol–water partition coefficient (Wildman–Crippen LogP) is 2.75. The predicted molar refractivity (Wildman–Crippen MR) is 57.4 cm³/mol. The van der Waals surface area contributed by atoms with E-state index in [1.54, 1.807) is 0 Å². The quantitative estimate of drug-likeness (QED) is 0.511. The average molecular weight is 251 g/mol. The standard InChI is InChI=1S/C10H19BrO2/c1-2-3-4-12-5-6-13-10-7-9(11)8-10/h9-10H,2-8H2,1H3. The summed E-state index contributed by atoms with van der Waals surface area (Å²) in [6, 6.07) is 0. The molecule has 1 rings (SSSR count). The highest BCUT2D eigenvalue weighted by Gasteiger charge is 2.26. The lowest BCUT2D eigenvalue weighted by molar-refractivity contribution is -0.0254. The second-order valence-electron chi connectivity index (χ2n) is 3.53. The summed E-state index contributed by atoms with van der Waals surface area (Å²) in [5.74, 6) is 0. The van der Waals surface area contributed by atoms with Gasteiger partial charge in [0.25, 0.3) is 0 Å². The number of rotatable bonds is 7. The van der Waals surface area contributed by atoms with Gasteiger partial charge in [-0.25, -0.2) is 0 Å². The zero-order valence-electron chi connectivity index (χ0n) is 8.30. The number of unbranched alkanes of at least 4 members (excludes halogenated alkanes) is 1. The minimum Gasteiger partial charge on any atom is -0.379 e. The Morgan fingerprint density at radius 3 is 2.62 bits per heavy atom. The molecule has 1 saturated carbocycles. The fourth-order valence-electron chi connectivity index (χ4n) is 1.26. The van der Waals surface area contributed by atoms with Crippen LogP contribution in [0.3, 0.4) is 0 Å². The van der Waals surface area contributed by atoms with E-state index in [4.69, 9.17) is 9.47 Å². The molecule has 1 aliphatic carbocycles. The normalized spacial score (nSPS) is 27.2. The molecule has 0 unspecified atom stereocenters. The van der Waals surface area contributed by atoms with Crippen LogP contribution in [-0.2, 0) is 9.47 Å². The molecule has 0 N–H and O–H groups in total. The average Bonchev–Trinajstić information content (AvgIpc) is 2.07. The van der Waals surface area contributed by atoms with Gasteiger partial charge in [0.1, 0.15) is 0 Å². The third-order valence-electron chi connectivity index (χ3n) is 2.26. The Morgan fingerprint density at radius 1 is 1.23 bits per heavy atom. The van der Waals surface area contributed by atoms with Crippen LogP contribution in [0.15, 0.2) is 0 Å². The maximum absolute atomic E-state index is 5.57. The van der Waals surface area contributed by atoms with Crippen molar-refractivity contribution >= 4 is 15.9 Å². The van der Waals surface area contributed by atoms with E-state index in [0.29, 0.717) is 10.9 Å². The van der Waals surface area contributed by atoms with Crippen molar-refractivity contribution < 1.29 is 9.47 Å². The van der Waals surface area contributed by atoms with Gasteiger partial charge in [0, 0.05) is 11.4 Å². The molecule has 78 valence electrons. The van der Waals surface area contributed by atoms with Gasteiger partial charge >= 0.3 is 0 Å².